The normalized spacial score (nSPS) is 19.3. The zero-order valence-electron chi connectivity index (χ0n) is 11.0. The highest BCUT2D eigenvalue weighted by Crippen LogP contribution is 2.29. The highest BCUT2D eigenvalue weighted by atomic mass is 32.2. The molecule has 0 saturated carbocycles. The maximum absolute atomic E-state index is 12.5. The van der Waals surface area contributed by atoms with Gasteiger partial charge in [0.1, 0.15) is 5.03 Å². The van der Waals surface area contributed by atoms with Crippen molar-refractivity contribution in [2.45, 2.75) is 29.7 Å². The van der Waals surface area contributed by atoms with Gasteiger partial charge in [0.2, 0.25) is 5.91 Å². The molecule has 1 aromatic carbocycles. The number of carbonyl (C=O) groups is 1. The van der Waals surface area contributed by atoms with Crippen molar-refractivity contribution >= 4 is 17.7 Å². The van der Waals surface area contributed by atoms with Gasteiger partial charge < -0.3 is 4.90 Å². The van der Waals surface area contributed by atoms with E-state index in [4.69, 9.17) is 0 Å². The van der Waals surface area contributed by atoms with Crippen molar-refractivity contribution in [3.8, 4) is 0 Å². The molecule has 20 heavy (non-hydrogen) atoms. The Kier molecular flexibility index (Phi) is 4.01. The molecule has 2 heterocycles. The second kappa shape index (κ2) is 6.09. The number of rotatable bonds is 4. The quantitative estimate of drug-likeness (QED) is 0.935. The van der Waals surface area contributed by atoms with Gasteiger partial charge in [-0.3, -0.25) is 4.79 Å². The number of likely N-dealkylation sites (tertiary alicyclic amines) is 1. The number of benzene rings is 1. The highest BCUT2D eigenvalue weighted by molar-refractivity contribution is 8.00. The van der Waals surface area contributed by atoms with Crippen molar-refractivity contribution in [2.75, 3.05) is 6.54 Å². The Bertz CT molecular complexity index is 558. The molecule has 3 rings (SSSR count). The fraction of sp³-hybridized carbons (Fsp3) is 0.357. The van der Waals surface area contributed by atoms with Gasteiger partial charge in [-0.2, -0.15) is 10.3 Å². The maximum atomic E-state index is 12.5. The first kappa shape index (κ1) is 13.2. The summed E-state index contributed by atoms with van der Waals surface area (Å²) in [6, 6.07) is 10.1. The molecule has 1 atom stereocenters. The average Bonchev–Trinajstić information content (AvgIpc) is 2.97. The number of piperidine rings is 1. The van der Waals surface area contributed by atoms with Crippen molar-refractivity contribution < 1.29 is 4.79 Å². The Morgan fingerprint density at radius 1 is 1.35 bits per heavy atom. The van der Waals surface area contributed by atoms with Gasteiger partial charge in [-0.15, -0.1) is 5.10 Å². The van der Waals surface area contributed by atoms with Crippen molar-refractivity contribution in [2.24, 2.45) is 0 Å². The first-order valence-electron chi connectivity index (χ1n) is 6.68. The standard InChI is InChI=1S/C14H16N4OS/c19-14-12(20-13-9-15-17-16-13)7-4-8-18(14)10-11-5-2-1-3-6-11/h1-3,5-6,9,12H,4,7-8,10H2,(H,15,16,17)/t12-/m1/s1. The zero-order chi connectivity index (χ0) is 13.8. The van der Waals surface area contributed by atoms with E-state index in [1.165, 1.54) is 17.3 Å². The lowest BCUT2D eigenvalue weighted by molar-refractivity contribution is -0.133. The number of H-pyrrole nitrogens is 1. The van der Waals surface area contributed by atoms with Crippen LogP contribution in [0, 0.1) is 0 Å². The van der Waals surface area contributed by atoms with E-state index in [1.807, 2.05) is 23.1 Å². The van der Waals surface area contributed by atoms with Gasteiger partial charge in [-0.1, -0.05) is 42.1 Å². The van der Waals surface area contributed by atoms with E-state index in [2.05, 4.69) is 27.5 Å². The highest BCUT2D eigenvalue weighted by Gasteiger charge is 2.30. The first-order valence-corrected chi connectivity index (χ1v) is 7.56. The van der Waals surface area contributed by atoms with Gasteiger partial charge in [0.15, 0.2) is 0 Å². The third-order valence-electron chi connectivity index (χ3n) is 3.35. The predicted octanol–water partition coefficient (Wildman–Crippen LogP) is 2.09. The molecule has 1 aliphatic rings. The van der Waals surface area contributed by atoms with Gasteiger partial charge in [0.05, 0.1) is 11.4 Å². The van der Waals surface area contributed by atoms with Crippen LogP contribution >= 0.6 is 11.8 Å². The number of nitrogens with one attached hydrogen (secondary N) is 1. The molecule has 104 valence electrons. The summed E-state index contributed by atoms with van der Waals surface area (Å²) in [6.45, 7) is 1.53. The molecule has 0 aliphatic carbocycles. The molecule has 2 aromatic rings. The fourth-order valence-corrected chi connectivity index (χ4v) is 3.40. The first-order chi connectivity index (χ1) is 9.83. The van der Waals surface area contributed by atoms with Crippen LogP contribution in [0.2, 0.25) is 0 Å². The van der Waals surface area contributed by atoms with Crippen LogP contribution in [0.4, 0.5) is 0 Å². The number of hydrogen-bond donors (Lipinski definition) is 1. The fourth-order valence-electron chi connectivity index (χ4n) is 2.37. The molecule has 0 radical (unpaired) electrons. The number of aromatic amines is 1. The third kappa shape index (κ3) is 3.01. The Labute approximate surface area is 121 Å². The van der Waals surface area contributed by atoms with Crippen molar-refractivity contribution in [1.82, 2.24) is 20.3 Å². The number of aromatic nitrogens is 3. The third-order valence-corrected chi connectivity index (χ3v) is 4.51. The molecule has 0 bridgehead atoms. The van der Waals surface area contributed by atoms with E-state index >= 15 is 0 Å². The Balaban J connectivity index is 1.66. The molecule has 1 aromatic heterocycles. The minimum Gasteiger partial charge on any atom is -0.337 e. The summed E-state index contributed by atoms with van der Waals surface area (Å²) in [5.74, 6) is 0.202. The van der Waals surface area contributed by atoms with Gasteiger partial charge in [0.25, 0.3) is 0 Å². The summed E-state index contributed by atoms with van der Waals surface area (Å²) in [7, 11) is 0. The van der Waals surface area contributed by atoms with E-state index in [1.54, 1.807) is 6.20 Å². The van der Waals surface area contributed by atoms with Crippen molar-refractivity contribution in [1.29, 1.82) is 0 Å². The summed E-state index contributed by atoms with van der Waals surface area (Å²) < 4.78 is 0. The molecule has 1 fully saturated rings. The minimum absolute atomic E-state index is 0.0439. The number of carbonyl (C=O) groups excluding carboxylic acids is 1. The second-order valence-electron chi connectivity index (χ2n) is 4.80. The average molecular weight is 288 g/mol. The number of nitrogens with zero attached hydrogens (tertiary/aromatic N) is 3. The molecule has 1 N–H and O–H groups in total. The van der Waals surface area contributed by atoms with Crippen LogP contribution in [0.15, 0.2) is 41.6 Å². The van der Waals surface area contributed by atoms with Gasteiger partial charge in [-0.25, -0.2) is 0 Å². The van der Waals surface area contributed by atoms with Crippen LogP contribution in [0.1, 0.15) is 18.4 Å². The second-order valence-corrected chi connectivity index (χ2v) is 6.03. The lowest BCUT2D eigenvalue weighted by Crippen LogP contribution is -2.42. The largest absolute Gasteiger partial charge is 0.337 e. The van der Waals surface area contributed by atoms with Crippen LogP contribution in [-0.4, -0.2) is 38.0 Å². The molecule has 1 aliphatic heterocycles. The number of amides is 1. The van der Waals surface area contributed by atoms with Gasteiger partial charge >= 0.3 is 0 Å². The van der Waals surface area contributed by atoms with Crippen LogP contribution in [0.5, 0.6) is 0 Å². The van der Waals surface area contributed by atoms with Gasteiger partial charge in [0, 0.05) is 13.1 Å². The van der Waals surface area contributed by atoms with Gasteiger partial charge in [-0.05, 0) is 18.4 Å². The molecule has 0 spiro atoms. The topological polar surface area (TPSA) is 61.9 Å². The maximum Gasteiger partial charge on any atom is 0.236 e. The molecule has 6 heteroatoms. The summed E-state index contributed by atoms with van der Waals surface area (Å²) in [6.07, 6.45) is 3.60. The molecule has 1 amide bonds. The van der Waals surface area contributed by atoms with E-state index in [0.717, 1.165) is 24.4 Å². The lowest BCUT2D eigenvalue weighted by atomic mass is 10.1. The van der Waals surface area contributed by atoms with E-state index < -0.39 is 0 Å². The molecule has 5 nitrogen and oxygen atoms in total. The minimum atomic E-state index is -0.0439. The predicted molar refractivity (Wildman–Crippen MR) is 77.1 cm³/mol. The van der Waals surface area contributed by atoms with E-state index in [-0.39, 0.29) is 11.2 Å². The molecular weight excluding hydrogens is 272 g/mol. The van der Waals surface area contributed by atoms with Crippen LogP contribution in [-0.2, 0) is 11.3 Å². The smallest absolute Gasteiger partial charge is 0.236 e. The molecule has 0 unspecified atom stereocenters. The van der Waals surface area contributed by atoms with E-state index in [9.17, 15) is 4.79 Å². The molecular formula is C14H16N4OS. The Hall–Kier alpha value is -1.82. The number of thioether (sulfide) groups is 1. The summed E-state index contributed by atoms with van der Waals surface area (Å²) in [4.78, 5) is 14.4. The van der Waals surface area contributed by atoms with Crippen molar-refractivity contribution in [3.63, 3.8) is 0 Å². The Morgan fingerprint density at radius 2 is 2.20 bits per heavy atom. The summed E-state index contributed by atoms with van der Waals surface area (Å²) >= 11 is 1.50. The summed E-state index contributed by atoms with van der Waals surface area (Å²) in [5.41, 5.74) is 1.17. The Morgan fingerprint density at radius 3 is 2.95 bits per heavy atom. The monoisotopic (exact) mass is 288 g/mol. The zero-order valence-corrected chi connectivity index (χ0v) is 11.8. The number of hydrogen-bond acceptors (Lipinski definition) is 4. The van der Waals surface area contributed by atoms with E-state index in [0.29, 0.717) is 6.54 Å². The van der Waals surface area contributed by atoms with Crippen LogP contribution in [0.25, 0.3) is 0 Å². The lowest BCUT2D eigenvalue weighted by Gasteiger charge is -2.31. The molecule has 1 saturated heterocycles. The SMILES string of the molecule is O=C1[C@H](Sc2cn[nH]n2)CCCN1Cc1ccccc1. The van der Waals surface area contributed by atoms with Crippen LogP contribution < -0.4 is 0 Å². The van der Waals surface area contributed by atoms with Crippen LogP contribution in [0.3, 0.4) is 0 Å². The van der Waals surface area contributed by atoms with Crippen molar-refractivity contribution in [3.05, 3.63) is 42.1 Å². The summed E-state index contributed by atoms with van der Waals surface area (Å²) in [5, 5.41) is 11.1.